The highest BCUT2D eigenvalue weighted by Crippen LogP contribution is 2.36. The van der Waals surface area contributed by atoms with Crippen LogP contribution in [0.5, 0.6) is 0 Å². The van der Waals surface area contributed by atoms with Crippen molar-refractivity contribution in [2.45, 2.75) is 40.5 Å². The summed E-state index contributed by atoms with van der Waals surface area (Å²) in [6, 6.07) is 7.13. The molecule has 0 aliphatic rings. The quantitative estimate of drug-likeness (QED) is 0.828. The van der Waals surface area contributed by atoms with Crippen LogP contribution in [0, 0.1) is 10.8 Å². The highest BCUT2D eigenvalue weighted by molar-refractivity contribution is 5.89. The number of hydrogen-bond acceptors (Lipinski definition) is 2. The third kappa shape index (κ3) is 4.67. The minimum atomic E-state index is -0.882. The predicted octanol–water partition coefficient (Wildman–Crippen LogP) is 3.36. The van der Waals surface area contributed by atoms with Gasteiger partial charge in [-0.15, -0.1) is 0 Å². The van der Waals surface area contributed by atoms with E-state index < -0.39 is 5.97 Å². The molecule has 1 aromatic carbocycles. The Kier molecular flexibility index (Phi) is 4.75. The van der Waals surface area contributed by atoms with E-state index in [9.17, 15) is 15.0 Å². The Balaban J connectivity index is 2.92. The fraction of sp³-hybridized carbons (Fsp3) is 0.562. The zero-order valence-electron chi connectivity index (χ0n) is 12.2. The molecule has 0 atom stereocenters. The van der Waals surface area contributed by atoms with Crippen LogP contribution in [0.1, 0.15) is 50.0 Å². The van der Waals surface area contributed by atoms with Gasteiger partial charge in [-0.2, -0.15) is 0 Å². The van der Waals surface area contributed by atoms with Crippen LogP contribution < -0.4 is 0 Å². The highest BCUT2D eigenvalue weighted by atomic mass is 16.4. The monoisotopic (exact) mass is 264 g/mol. The summed E-state index contributed by atoms with van der Waals surface area (Å²) in [5.41, 5.74) is 1.02. The SMILES string of the molecule is CC(C)(CO)CC(C)(C)Cc1ccccc1C(=O)O. The van der Waals surface area contributed by atoms with E-state index in [1.54, 1.807) is 12.1 Å². The number of rotatable bonds is 6. The molecular weight excluding hydrogens is 240 g/mol. The van der Waals surface area contributed by atoms with Crippen molar-refractivity contribution in [1.29, 1.82) is 0 Å². The van der Waals surface area contributed by atoms with Crippen molar-refractivity contribution in [2.75, 3.05) is 6.61 Å². The Morgan fingerprint density at radius 3 is 2.21 bits per heavy atom. The maximum absolute atomic E-state index is 11.2. The van der Waals surface area contributed by atoms with Gasteiger partial charge in [-0.3, -0.25) is 0 Å². The normalized spacial score (nSPS) is 12.5. The van der Waals surface area contributed by atoms with Gasteiger partial charge in [0.25, 0.3) is 0 Å². The van der Waals surface area contributed by atoms with E-state index in [0.717, 1.165) is 12.0 Å². The molecular formula is C16H24O3. The third-order valence-electron chi connectivity index (χ3n) is 3.30. The van der Waals surface area contributed by atoms with Crippen LogP contribution in [0.15, 0.2) is 24.3 Å². The van der Waals surface area contributed by atoms with Crippen LogP contribution in [0.4, 0.5) is 0 Å². The van der Waals surface area contributed by atoms with Crippen molar-refractivity contribution in [3.8, 4) is 0 Å². The molecule has 106 valence electrons. The standard InChI is InChI=1S/C16H24O3/c1-15(2,10-16(3,4)11-17)9-12-7-5-6-8-13(12)14(18)19/h5-8,17H,9-11H2,1-4H3,(H,18,19). The maximum Gasteiger partial charge on any atom is 0.335 e. The van der Waals surface area contributed by atoms with E-state index in [4.69, 9.17) is 0 Å². The summed E-state index contributed by atoms with van der Waals surface area (Å²) in [4.78, 5) is 11.2. The summed E-state index contributed by atoms with van der Waals surface area (Å²) >= 11 is 0. The average molecular weight is 264 g/mol. The minimum absolute atomic E-state index is 0.0578. The first kappa shape index (κ1) is 15.7. The minimum Gasteiger partial charge on any atom is -0.478 e. The van der Waals surface area contributed by atoms with Gasteiger partial charge >= 0.3 is 5.97 Å². The summed E-state index contributed by atoms with van der Waals surface area (Å²) in [6.07, 6.45) is 1.53. The van der Waals surface area contributed by atoms with Crippen molar-refractivity contribution in [3.63, 3.8) is 0 Å². The van der Waals surface area contributed by atoms with E-state index in [1.165, 1.54) is 0 Å². The number of carboxylic acids is 1. The van der Waals surface area contributed by atoms with Crippen molar-refractivity contribution >= 4 is 5.97 Å². The van der Waals surface area contributed by atoms with Crippen LogP contribution in [-0.2, 0) is 6.42 Å². The second-order valence-electron chi connectivity index (χ2n) is 6.80. The van der Waals surface area contributed by atoms with Crippen LogP contribution in [-0.4, -0.2) is 22.8 Å². The van der Waals surface area contributed by atoms with Crippen molar-refractivity contribution in [3.05, 3.63) is 35.4 Å². The van der Waals surface area contributed by atoms with E-state index in [1.807, 2.05) is 26.0 Å². The van der Waals surface area contributed by atoms with Crippen LogP contribution in [0.25, 0.3) is 0 Å². The lowest BCUT2D eigenvalue weighted by Gasteiger charge is -2.34. The fourth-order valence-corrected chi connectivity index (χ4v) is 2.81. The van der Waals surface area contributed by atoms with Gasteiger partial charge in [0.1, 0.15) is 0 Å². The molecule has 0 aliphatic carbocycles. The molecule has 2 N–H and O–H groups in total. The number of hydrogen-bond donors (Lipinski definition) is 2. The van der Waals surface area contributed by atoms with E-state index in [0.29, 0.717) is 12.0 Å². The molecule has 0 amide bonds. The van der Waals surface area contributed by atoms with E-state index >= 15 is 0 Å². The van der Waals surface area contributed by atoms with Gasteiger partial charge in [0.15, 0.2) is 0 Å². The second-order valence-corrected chi connectivity index (χ2v) is 6.80. The Morgan fingerprint density at radius 1 is 1.11 bits per heavy atom. The summed E-state index contributed by atoms with van der Waals surface area (Å²) in [7, 11) is 0. The van der Waals surface area contributed by atoms with Gasteiger partial charge < -0.3 is 10.2 Å². The summed E-state index contributed by atoms with van der Waals surface area (Å²) in [5.74, 6) is -0.882. The Bertz CT molecular complexity index is 447. The average Bonchev–Trinajstić information content (AvgIpc) is 2.27. The molecule has 0 heterocycles. The molecule has 0 unspecified atom stereocenters. The van der Waals surface area contributed by atoms with E-state index in [2.05, 4.69) is 13.8 Å². The number of carboxylic acid groups (broad SMARTS) is 1. The Morgan fingerprint density at radius 2 is 1.68 bits per heavy atom. The molecule has 0 fully saturated rings. The first-order valence-electron chi connectivity index (χ1n) is 6.59. The van der Waals surface area contributed by atoms with E-state index in [-0.39, 0.29) is 17.4 Å². The summed E-state index contributed by atoms with van der Waals surface area (Å²) in [5, 5.41) is 18.6. The number of aliphatic hydroxyl groups excluding tert-OH is 1. The van der Waals surface area contributed by atoms with Crippen LogP contribution in [0.3, 0.4) is 0 Å². The molecule has 0 bridgehead atoms. The zero-order valence-corrected chi connectivity index (χ0v) is 12.2. The molecule has 0 aromatic heterocycles. The molecule has 3 heteroatoms. The number of carbonyl (C=O) groups is 1. The number of aliphatic hydroxyl groups is 1. The molecule has 0 aliphatic heterocycles. The Hall–Kier alpha value is -1.35. The largest absolute Gasteiger partial charge is 0.478 e. The molecule has 1 rings (SSSR count). The first-order chi connectivity index (χ1) is 8.67. The van der Waals surface area contributed by atoms with Crippen molar-refractivity contribution < 1.29 is 15.0 Å². The first-order valence-corrected chi connectivity index (χ1v) is 6.59. The van der Waals surface area contributed by atoms with Gasteiger partial charge in [-0.05, 0) is 35.3 Å². The topological polar surface area (TPSA) is 57.5 Å². The summed E-state index contributed by atoms with van der Waals surface area (Å²) < 4.78 is 0. The second kappa shape index (κ2) is 5.74. The lowest BCUT2D eigenvalue weighted by Crippen LogP contribution is -2.28. The van der Waals surface area contributed by atoms with Gasteiger partial charge in [0.2, 0.25) is 0 Å². The third-order valence-corrected chi connectivity index (χ3v) is 3.30. The molecule has 0 saturated heterocycles. The maximum atomic E-state index is 11.2. The van der Waals surface area contributed by atoms with Crippen molar-refractivity contribution in [1.82, 2.24) is 0 Å². The summed E-state index contributed by atoms with van der Waals surface area (Å²) in [6.45, 7) is 8.42. The predicted molar refractivity (Wildman–Crippen MR) is 76.4 cm³/mol. The van der Waals surface area contributed by atoms with Gasteiger partial charge in [-0.1, -0.05) is 45.9 Å². The smallest absolute Gasteiger partial charge is 0.335 e. The number of benzene rings is 1. The lowest BCUT2D eigenvalue weighted by atomic mass is 9.72. The molecule has 0 spiro atoms. The Labute approximate surface area is 115 Å². The molecule has 0 radical (unpaired) electrons. The molecule has 19 heavy (non-hydrogen) atoms. The molecule has 1 aromatic rings. The van der Waals surface area contributed by atoms with Gasteiger partial charge in [0, 0.05) is 6.61 Å². The highest BCUT2D eigenvalue weighted by Gasteiger charge is 2.29. The van der Waals surface area contributed by atoms with Crippen LogP contribution >= 0.6 is 0 Å². The van der Waals surface area contributed by atoms with Crippen LogP contribution in [0.2, 0.25) is 0 Å². The molecule has 0 saturated carbocycles. The lowest BCUT2D eigenvalue weighted by molar-refractivity contribution is 0.0693. The van der Waals surface area contributed by atoms with Gasteiger partial charge in [0.05, 0.1) is 5.56 Å². The zero-order chi connectivity index (χ0) is 14.7. The number of aromatic carboxylic acids is 1. The fourth-order valence-electron chi connectivity index (χ4n) is 2.81. The molecule has 3 nitrogen and oxygen atoms in total. The van der Waals surface area contributed by atoms with Gasteiger partial charge in [-0.25, -0.2) is 4.79 Å². The van der Waals surface area contributed by atoms with Crippen molar-refractivity contribution in [2.24, 2.45) is 10.8 Å².